The van der Waals surface area contributed by atoms with Crippen LogP contribution in [0.1, 0.15) is 61.5 Å². The molecule has 6 heteroatoms. The molecule has 0 aliphatic heterocycles. The predicted molar refractivity (Wildman–Crippen MR) is 117 cm³/mol. The molecule has 0 unspecified atom stereocenters. The van der Waals surface area contributed by atoms with Crippen LogP contribution in [0.5, 0.6) is 0 Å². The molecule has 0 saturated carbocycles. The van der Waals surface area contributed by atoms with E-state index >= 15 is 0 Å². The van der Waals surface area contributed by atoms with Gasteiger partial charge in [-0.2, -0.15) is 5.10 Å². The molecule has 3 aromatic rings. The van der Waals surface area contributed by atoms with Crippen LogP contribution in [0.2, 0.25) is 0 Å². The van der Waals surface area contributed by atoms with Gasteiger partial charge < -0.3 is 9.72 Å². The highest BCUT2D eigenvalue weighted by Gasteiger charge is 2.21. The van der Waals surface area contributed by atoms with Crippen LogP contribution in [0.4, 0.5) is 0 Å². The first kappa shape index (κ1) is 21.3. The highest BCUT2D eigenvalue weighted by atomic mass is 16.5. The smallest absolute Gasteiger partial charge is 0.355 e. The molecule has 1 aromatic carbocycles. The number of nitrogens with one attached hydrogen (secondary N) is 1. The van der Waals surface area contributed by atoms with Crippen molar-refractivity contribution < 1.29 is 14.3 Å². The largest absolute Gasteiger partial charge is 0.461 e. The van der Waals surface area contributed by atoms with Gasteiger partial charge in [-0.1, -0.05) is 30.3 Å². The zero-order chi connectivity index (χ0) is 21.8. The molecule has 0 fully saturated rings. The molecule has 3 rings (SSSR count). The fourth-order valence-electron chi connectivity index (χ4n) is 3.63. The summed E-state index contributed by atoms with van der Waals surface area (Å²) in [4.78, 5) is 28.0. The minimum atomic E-state index is -0.449. The van der Waals surface area contributed by atoms with Gasteiger partial charge in [0, 0.05) is 22.5 Å². The van der Waals surface area contributed by atoms with Gasteiger partial charge in [0.25, 0.3) is 0 Å². The Labute approximate surface area is 176 Å². The fourth-order valence-corrected chi connectivity index (χ4v) is 3.63. The van der Waals surface area contributed by atoms with Crippen LogP contribution in [0.3, 0.4) is 0 Å². The summed E-state index contributed by atoms with van der Waals surface area (Å²) in [7, 11) is 0. The monoisotopic (exact) mass is 405 g/mol. The SMILES string of the molecule is CCOC(=O)c1[nH]c(C)c(C(=O)/C=C/c2c(C)nn(Cc3ccccc3)c2C)c1C. The van der Waals surface area contributed by atoms with Gasteiger partial charge >= 0.3 is 5.97 Å². The molecule has 0 aliphatic rings. The Morgan fingerprint density at radius 3 is 2.50 bits per heavy atom. The second kappa shape index (κ2) is 8.95. The Hall–Kier alpha value is -3.41. The molecular weight excluding hydrogens is 378 g/mol. The zero-order valence-corrected chi connectivity index (χ0v) is 18.1. The fraction of sp³-hybridized carbons (Fsp3) is 0.292. The highest BCUT2D eigenvalue weighted by Crippen LogP contribution is 2.22. The van der Waals surface area contributed by atoms with E-state index < -0.39 is 5.97 Å². The summed E-state index contributed by atoms with van der Waals surface area (Å²) < 4.78 is 7.00. The third kappa shape index (κ3) is 4.27. The highest BCUT2D eigenvalue weighted by molar-refractivity contribution is 6.10. The number of esters is 1. The number of carbonyl (C=O) groups excluding carboxylic acids is 2. The second-order valence-corrected chi connectivity index (χ2v) is 7.27. The number of H-pyrrole nitrogens is 1. The number of hydrogen-bond acceptors (Lipinski definition) is 4. The molecule has 0 atom stereocenters. The maximum Gasteiger partial charge on any atom is 0.355 e. The number of ether oxygens (including phenoxy) is 1. The Bertz CT molecular complexity index is 1100. The molecule has 0 aliphatic carbocycles. The molecule has 30 heavy (non-hydrogen) atoms. The van der Waals surface area contributed by atoms with Gasteiger partial charge in [0.15, 0.2) is 5.78 Å². The minimum Gasteiger partial charge on any atom is -0.461 e. The van der Waals surface area contributed by atoms with E-state index in [0.29, 0.717) is 29.1 Å². The molecule has 1 N–H and O–H groups in total. The lowest BCUT2D eigenvalue weighted by molar-refractivity contribution is 0.0519. The molecule has 6 nitrogen and oxygen atoms in total. The van der Waals surface area contributed by atoms with E-state index in [9.17, 15) is 9.59 Å². The van der Waals surface area contributed by atoms with Crippen LogP contribution >= 0.6 is 0 Å². The zero-order valence-electron chi connectivity index (χ0n) is 18.1. The van der Waals surface area contributed by atoms with Crippen molar-refractivity contribution in [3.05, 3.63) is 81.4 Å². The van der Waals surface area contributed by atoms with Crippen LogP contribution in [0.15, 0.2) is 36.4 Å². The standard InChI is InChI=1S/C24H27N3O3/c1-6-30-24(29)23-15(2)22(17(4)25-23)21(28)13-12-20-16(3)26-27(18(20)5)14-19-10-8-7-9-11-19/h7-13,25H,6,14H2,1-5H3/b13-12+. The minimum absolute atomic E-state index is 0.161. The Morgan fingerprint density at radius 1 is 1.13 bits per heavy atom. The number of rotatable bonds is 7. The molecule has 0 bridgehead atoms. The summed E-state index contributed by atoms with van der Waals surface area (Å²) >= 11 is 0. The van der Waals surface area contributed by atoms with Crippen LogP contribution in [-0.2, 0) is 11.3 Å². The number of carbonyl (C=O) groups is 2. The topological polar surface area (TPSA) is 77.0 Å². The van der Waals surface area contributed by atoms with Crippen molar-refractivity contribution in [3.63, 3.8) is 0 Å². The van der Waals surface area contributed by atoms with Crippen molar-refractivity contribution in [3.8, 4) is 0 Å². The number of nitrogens with zero attached hydrogens (tertiary/aromatic N) is 2. The Morgan fingerprint density at radius 2 is 1.83 bits per heavy atom. The van der Waals surface area contributed by atoms with E-state index in [4.69, 9.17) is 4.74 Å². The Balaban J connectivity index is 1.84. The number of aromatic amines is 1. The molecule has 0 radical (unpaired) electrons. The third-order valence-corrected chi connectivity index (χ3v) is 5.18. The molecule has 0 amide bonds. The summed E-state index contributed by atoms with van der Waals surface area (Å²) in [5, 5.41) is 4.63. The van der Waals surface area contributed by atoms with Gasteiger partial charge in [0.05, 0.1) is 18.8 Å². The van der Waals surface area contributed by atoms with Crippen LogP contribution in [-0.4, -0.2) is 33.1 Å². The van der Waals surface area contributed by atoms with Gasteiger partial charge in [-0.25, -0.2) is 4.79 Å². The summed E-state index contributed by atoms with van der Waals surface area (Å²) in [5.41, 5.74) is 6.04. The second-order valence-electron chi connectivity index (χ2n) is 7.27. The van der Waals surface area contributed by atoms with Gasteiger partial charge in [-0.3, -0.25) is 9.48 Å². The lowest BCUT2D eigenvalue weighted by Crippen LogP contribution is -2.07. The number of hydrogen-bond donors (Lipinski definition) is 1. The normalized spacial score (nSPS) is 11.2. The van der Waals surface area contributed by atoms with Crippen molar-refractivity contribution >= 4 is 17.8 Å². The molecular formula is C24H27N3O3. The molecule has 0 spiro atoms. The van der Waals surface area contributed by atoms with Crippen LogP contribution in [0.25, 0.3) is 6.08 Å². The first-order valence-corrected chi connectivity index (χ1v) is 10.00. The number of ketones is 1. The molecule has 2 heterocycles. The lowest BCUT2D eigenvalue weighted by Gasteiger charge is -2.04. The van der Waals surface area contributed by atoms with E-state index in [2.05, 4.69) is 22.2 Å². The average Bonchev–Trinajstić information content (AvgIpc) is 3.16. The maximum absolute atomic E-state index is 12.9. The summed E-state index contributed by atoms with van der Waals surface area (Å²) in [6.07, 6.45) is 3.35. The van der Waals surface area contributed by atoms with E-state index in [1.165, 1.54) is 5.56 Å². The van der Waals surface area contributed by atoms with Crippen molar-refractivity contribution in [1.29, 1.82) is 0 Å². The number of aromatic nitrogens is 3. The quantitative estimate of drug-likeness (QED) is 0.355. The predicted octanol–water partition coefficient (Wildman–Crippen LogP) is 4.57. The van der Waals surface area contributed by atoms with Gasteiger partial charge in [0.1, 0.15) is 5.69 Å². The van der Waals surface area contributed by atoms with Crippen molar-refractivity contribution in [2.45, 2.75) is 41.2 Å². The molecule has 2 aromatic heterocycles. The average molecular weight is 405 g/mol. The summed E-state index contributed by atoms with van der Waals surface area (Å²) in [5.74, 6) is -0.610. The molecule has 156 valence electrons. The summed E-state index contributed by atoms with van der Waals surface area (Å²) in [6.45, 7) is 10.2. The van der Waals surface area contributed by atoms with E-state index in [0.717, 1.165) is 17.0 Å². The van der Waals surface area contributed by atoms with Crippen molar-refractivity contribution in [2.24, 2.45) is 0 Å². The summed E-state index contributed by atoms with van der Waals surface area (Å²) in [6, 6.07) is 10.1. The van der Waals surface area contributed by atoms with E-state index in [1.54, 1.807) is 32.9 Å². The van der Waals surface area contributed by atoms with Crippen LogP contribution < -0.4 is 0 Å². The van der Waals surface area contributed by atoms with Gasteiger partial charge in [0.2, 0.25) is 0 Å². The van der Waals surface area contributed by atoms with Crippen molar-refractivity contribution in [1.82, 2.24) is 14.8 Å². The number of aryl methyl sites for hydroxylation is 2. The molecule has 0 saturated heterocycles. The first-order valence-electron chi connectivity index (χ1n) is 10.00. The third-order valence-electron chi connectivity index (χ3n) is 5.18. The Kier molecular flexibility index (Phi) is 6.35. The number of allylic oxidation sites excluding steroid dienone is 1. The number of benzene rings is 1. The maximum atomic E-state index is 12.9. The van der Waals surface area contributed by atoms with Gasteiger partial charge in [-0.05, 0) is 57.9 Å². The van der Waals surface area contributed by atoms with Crippen molar-refractivity contribution in [2.75, 3.05) is 6.61 Å². The lowest BCUT2D eigenvalue weighted by atomic mass is 10.0. The van der Waals surface area contributed by atoms with Gasteiger partial charge in [-0.15, -0.1) is 0 Å². The first-order chi connectivity index (χ1) is 14.3. The van der Waals surface area contributed by atoms with Crippen LogP contribution in [0, 0.1) is 27.7 Å². The van der Waals surface area contributed by atoms with E-state index in [1.807, 2.05) is 36.7 Å². The van der Waals surface area contributed by atoms with E-state index in [-0.39, 0.29) is 12.4 Å².